The van der Waals surface area contributed by atoms with Gasteiger partial charge in [0.15, 0.2) is 4.98 Å². The minimum Gasteiger partial charge on any atom is -0.500 e. The number of benzene rings is 1. The Morgan fingerprint density at radius 2 is 2.04 bits per heavy atom. The number of carbonyl (C=O) groups is 1. The van der Waals surface area contributed by atoms with Gasteiger partial charge in [0.2, 0.25) is 11.2 Å². The molecule has 0 spiro atoms. The largest absolute Gasteiger partial charge is 0.510 e. The molecule has 0 aliphatic heterocycles. The van der Waals surface area contributed by atoms with E-state index in [1.165, 1.54) is 11.3 Å². The Bertz CT molecular complexity index is 817. The van der Waals surface area contributed by atoms with Gasteiger partial charge in [-0.1, -0.05) is 29.8 Å². The minimum absolute atomic E-state index is 0.114. The van der Waals surface area contributed by atoms with Crippen molar-refractivity contribution in [1.29, 1.82) is 5.39 Å². The van der Waals surface area contributed by atoms with E-state index < -0.39 is 17.4 Å². The number of aryl methyl sites for hydroxylation is 1. The molecule has 2 rings (SSSR count). The van der Waals surface area contributed by atoms with Crippen LogP contribution >= 0.6 is 11.3 Å². The lowest BCUT2D eigenvalue weighted by Gasteiger charge is -1.99. The molecule has 0 amide bonds. The van der Waals surface area contributed by atoms with Crippen LogP contribution < -0.4 is 5.32 Å². The van der Waals surface area contributed by atoms with Crippen LogP contribution in [0.3, 0.4) is 0 Å². The van der Waals surface area contributed by atoms with Crippen molar-refractivity contribution in [3.8, 4) is 10.4 Å². The van der Waals surface area contributed by atoms with Gasteiger partial charge in [-0.05, 0) is 25.5 Å². The molecule has 2 aromatic rings. The van der Waals surface area contributed by atoms with Gasteiger partial charge in [-0.25, -0.2) is 4.79 Å². The monoisotopic (exact) mass is 344 g/mol. The number of hydrogen-bond acceptors (Lipinski definition) is 6. The SMILES string of the molecule is CCOC(=O)/C([N+]#N)=C(\O)c1sc(-c2ccc(C)cc2)cc1NC. The summed E-state index contributed by atoms with van der Waals surface area (Å²) in [6.45, 7) is 3.75. The molecule has 0 unspecified atom stereocenters. The fourth-order valence-corrected chi connectivity index (χ4v) is 3.22. The molecule has 1 aromatic heterocycles. The smallest absolute Gasteiger partial charge is 0.500 e. The number of hydrogen-bond donors (Lipinski definition) is 2. The average Bonchev–Trinajstić information content (AvgIpc) is 3.00. The molecule has 0 radical (unpaired) electrons. The normalized spacial score (nSPS) is 11.4. The van der Waals surface area contributed by atoms with E-state index in [1.807, 2.05) is 37.3 Å². The maximum Gasteiger partial charge on any atom is 0.510 e. The van der Waals surface area contributed by atoms with Crippen LogP contribution in [0.15, 0.2) is 36.0 Å². The first-order valence-corrected chi connectivity index (χ1v) is 8.17. The third kappa shape index (κ3) is 3.55. The number of esters is 1. The zero-order chi connectivity index (χ0) is 17.7. The molecule has 0 saturated heterocycles. The number of thiophene rings is 1. The van der Waals surface area contributed by atoms with Gasteiger partial charge < -0.3 is 15.2 Å². The summed E-state index contributed by atoms with van der Waals surface area (Å²) in [5, 5.41) is 22.4. The second kappa shape index (κ2) is 7.62. The number of anilines is 1. The van der Waals surface area contributed by atoms with Gasteiger partial charge in [0, 0.05) is 11.9 Å². The van der Waals surface area contributed by atoms with Gasteiger partial charge in [0.25, 0.3) is 0 Å². The zero-order valence-corrected chi connectivity index (χ0v) is 14.5. The lowest BCUT2D eigenvalue weighted by atomic mass is 10.1. The van der Waals surface area contributed by atoms with Crippen LogP contribution in [0.1, 0.15) is 17.4 Å². The van der Waals surface area contributed by atoms with Crippen molar-refractivity contribution in [2.45, 2.75) is 13.8 Å². The Labute approximate surface area is 144 Å². The summed E-state index contributed by atoms with van der Waals surface area (Å²) in [7, 11) is 1.71. The summed E-state index contributed by atoms with van der Waals surface area (Å²) < 4.78 is 4.79. The zero-order valence-electron chi connectivity index (χ0n) is 13.7. The van der Waals surface area contributed by atoms with E-state index in [-0.39, 0.29) is 6.61 Å². The average molecular weight is 344 g/mol. The Morgan fingerprint density at radius 1 is 1.38 bits per heavy atom. The fraction of sp³-hybridized carbons (Fsp3) is 0.235. The first kappa shape index (κ1) is 17.5. The van der Waals surface area contributed by atoms with Crippen LogP contribution in [0.5, 0.6) is 0 Å². The quantitative estimate of drug-likeness (QED) is 0.363. The maximum atomic E-state index is 11.8. The first-order valence-electron chi connectivity index (χ1n) is 7.36. The molecule has 7 heteroatoms. The number of ether oxygens (including phenoxy) is 1. The molecule has 6 nitrogen and oxygen atoms in total. The third-order valence-electron chi connectivity index (χ3n) is 3.35. The number of aliphatic hydroxyl groups excluding tert-OH is 1. The standard InChI is InChI=1S/C17H17N3O3S/c1-4-23-17(22)14(20-18)15(21)16-12(19-3)9-13(24-16)11-7-5-10(2)6-8-11/h5-9H,4H2,1-3H3,(H-,19,21,22)/p+1. The summed E-state index contributed by atoms with van der Waals surface area (Å²) >= 11 is 1.28. The van der Waals surface area contributed by atoms with Gasteiger partial charge in [-0.2, -0.15) is 0 Å². The molecule has 124 valence electrons. The van der Waals surface area contributed by atoms with Gasteiger partial charge in [-0.3, -0.25) is 0 Å². The predicted molar refractivity (Wildman–Crippen MR) is 95.3 cm³/mol. The topological polar surface area (TPSA) is 86.7 Å². The van der Waals surface area contributed by atoms with Gasteiger partial charge in [-0.15, -0.1) is 11.3 Å². The second-order valence-electron chi connectivity index (χ2n) is 4.99. The number of nitrogens with zero attached hydrogens (tertiary/aromatic N) is 2. The first-order chi connectivity index (χ1) is 11.5. The van der Waals surface area contributed by atoms with E-state index in [9.17, 15) is 9.90 Å². The van der Waals surface area contributed by atoms with Crippen molar-refractivity contribution >= 4 is 28.8 Å². The van der Waals surface area contributed by atoms with Crippen molar-refractivity contribution in [1.82, 2.24) is 0 Å². The Hall–Kier alpha value is -2.85. The van der Waals surface area contributed by atoms with Gasteiger partial charge in [0.1, 0.15) is 4.88 Å². The summed E-state index contributed by atoms with van der Waals surface area (Å²) in [5.41, 5.74) is 2.24. The maximum absolute atomic E-state index is 11.8. The van der Waals surface area contributed by atoms with Crippen molar-refractivity contribution < 1.29 is 14.6 Å². The van der Waals surface area contributed by atoms with Crippen LogP contribution in [-0.4, -0.2) is 24.7 Å². The number of diazo groups is 1. The number of aliphatic hydroxyl groups is 1. The molecule has 1 aromatic carbocycles. The Balaban J connectivity index is 2.52. The molecule has 24 heavy (non-hydrogen) atoms. The molecule has 0 fully saturated rings. The van der Waals surface area contributed by atoms with E-state index in [4.69, 9.17) is 10.1 Å². The number of rotatable bonds is 5. The Morgan fingerprint density at radius 3 is 2.58 bits per heavy atom. The van der Waals surface area contributed by atoms with Crippen molar-refractivity contribution in [2.24, 2.45) is 0 Å². The van der Waals surface area contributed by atoms with Crippen molar-refractivity contribution in [3.05, 3.63) is 51.4 Å². The lowest BCUT2D eigenvalue weighted by Crippen LogP contribution is -2.07. The van der Waals surface area contributed by atoms with E-state index in [0.29, 0.717) is 10.6 Å². The van der Waals surface area contributed by atoms with Crippen LogP contribution in [0.25, 0.3) is 21.2 Å². The highest BCUT2D eigenvalue weighted by atomic mass is 32.1. The molecule has 2 N–H and O–H groups in total. The summed E-state index contributed by atoms with van der Waals surface area (Å²) in [6, 6.07) is 9.82. The molecular formula is C17H18N3O3S+. The highest BCUT2D eigenvalue weighted by Crippen LogP contribution is 2.39. The van der Waals surface area contributed by atoms with Gasteiger partial charge in [0.05, 0.1) is 12.3 Å². The van der Waals surface area contributed by atoms with Gasteiger partial charge >= 0.3 is 11.7 Å². The molecule has 0 atom stereocenters. The van der Waals surface area contributed by atoms with Crippen molar-refractivity contribution in [3.63, 3.8) is 0 Å². The molecule has 0 saturated carbocycles. The van der Waals surface area contributed by atoms with E-state index in [2.05, 4.69) is 10.3 Å². The molecule has 0 aliphatic rings. The summed E-state index contributed by atoms with van der Waals surface area (Å²) in [5.74, 6) is -1.31. The van der Waals surface area contributed by atoms with E-state index in [1.54, 1.807) is 14.0 Å². The molecular weight excluding hydrogens is 326 g/mol. The third-order valence-corrected chi connectivity index (χ3v) is 4.54. The summed E-state index contributed by atoms with van der Waals surface area (Å²) in [4.78, 5) is 16.0. The van der Waals surface area contributed by atoms with Crippen LogP contribution in [-0.2, 0) is 9.53 Å². The lowest BCUT2D eigenvalue weighted by molar-refractivity contribution is -0.138. The number of carbonyl (C=O) groups excluding carboxylic acids is 1. The minimum atomic E-state index is -0.884. The van der Waals surface area contributed by atoms with Crippen molar-refractivity contribution in [2.75, 3.05) is 19.0 Å². The highest BCUT2D eigenvalue weighted by molar-refractivity contribution is 7.17. The molecule has 0 aliphatic carbocycles. The second-order valence-corrected chi connectivity index (χ2v) is 6.04. The molecule has 0 bridgehead atoms. The van der Waals surface area contributed by atoms with Crippen LogP contribution in [0.2, 0.25) is 0 Å². The number of nitrogens with one attached hydrogen (secondary N) is 1. The summed E-state index contributed by atoms with van der Waals surface area (Å²) in [6.07, 6.45) is 0. The molecule has 1 heterocycles. The fourth-order valence-electron chi connectivity index (χ4n) is 2.10. The van der Waals surface area contributed by atoms with Crippen LogP contribution in [0, 0.1) is 12.3 Å². The van der Waals surface area contributed by atoms with E-state index in [0.717, 1.165) is 16.0 Å². The predicted octanol–water partition coefficient (Wildman–Crippen LogP) is 4.41. The van der Waals surface area contributed by atoms with E-state index >= 15 is 0 Å². The Kier molecular flexibility index (Phi) is 5.55. The highest BCUT2D eigenvalue weighted by Gasteiger charge is 2.33. The van der Waals surface area contributed by atoms with Crippen LogP contribution in [0.4, 0.5) is 5.69 Å².